The molecule has 6 nitrogen and oxygen atoms in total. The van der Waals surface area contributed by atoms with Crippen LogP contribution in [0.5, 0.6) is 5.75 Å². The predicted octanol–water partition coefficient (Wildman–Crippen LogP) is 2.20. The number of hydrogen-bond acceptors (Lipinski definition) is 4. The topological polar surface area (TPSA) is 76.7 Å². The molecule has 0 aliphatic rings. The molecule has 0 spiro atoms. The van der Waals surface area contributed by atoms with Crippen LogP contribution in [0.4, 0.5) is 5.69 Å². The molecule has 0 bridgehead atoms. The Balaban J connectivity index is 2.64. The van der Waals surface area contributed by atoms with Crippen molar-refractivity contribution >= 4 is 17.5 Å². The molecule has 1 aromatic rings. The van der Waals surface area contributed by atoms with Gasteiger partial charge in [0.25, 0.3) is 0 Å². The van der Waals surface area contributed by atoms with E-state index in [0.717, 1.165) is 5.75 Å². The van der Waals surface area contributed by atoms with Gasteiger partial charge in [0.2, 0.25) is 11.8 Å². The van der Waals surface area contributed by atoms with Crippen molar-refractivity contribution in [3.63, 3.8) is 0 Å². The van der Waals surface area contributed by atoms with Gasteiger partial charge in [-0.25, -0.2) is 0 Å². The van der Waals surface area contributed by atoms with Crippen molar-refractivity contribution in [2.24, 2.45) is 5.41 Å². The first kappa shape index (κ1) is 19.0. The predicted molar refractivity (Wildman–Crippen MR) is 89.5 cm³/mol. The number of amides is 2. The van der Waals surface area contributed by atoms with Crippen LogP contribution in [-0.2, 0) is 14.3 Å². The average molecular weight is 322 g/mol. The van der Waals surface area contributed by atoms with Gasteiger partial charge in [0.1, 0.15) is 11.2 Å². The molecule has 0 fully saturated rings. The van der Waals surface area contributed by atoms with Gasteiger partial charge in [-0.2, -0.15) is 0 Å². The Labute approximate surface area is 137 Å². The fraction of sp³-hybridized carbons (Fsp3) is 0.529. The zero-order chi connectivity index (χ0) is 17.5. The molecule has 0 radical (unpaired) electrons. The molecule has 2 amide bonds. The molecule has 0 saturated heterocycles. The fourth-order valence-corrected chi connectivity index (χ4v) is 1.77. The monoisotopic (exact) mass is 322 g/mol. The van der Waals surface area contributed by atoms with E-state index in [1.807, 2.05) is 13.8 Å². The smallest absolute Gasteiger partial charge is 0.239 e. The average Bonchev–Trinajstić information content (AvgIpc) is 2.48. The lowest BCUT2D eigenvalue weighted by Gasteiger charge is -2.22. The van der Waals surface area contributed by atoms with Crippen molar-refractivity contribution in [2.45, 2.75) is 33.8 Å². The van der Waals surface area contributed by atoms with Gasteiger partial charge >= 0.3 is 0 Å². The molecular weight excluding hydrogens is 296 g/mol. The van der Waals surface area contributed by atoms with Gasteiger partial charge in [-0.3, -0.25) is 9.59 Å². The Hall–Kier alpha value is -2.08. The summed E-state index contributed by atoms with van der Waals surface area (Å²) in [4.78, 5) is 24.4. The third-order valence-electron chi connectivity index (χ3n) is 3.21. The minimum Gasteiger partial charge on any atom is -0.491 e. The summed E-state index contributed by atoms with van der Waals surface area (Å²) >= 11 is 0. The summed E-state index contributed by atoms with van der Waals surface area (Å²) in [6.45, 7) is 7.83. The molecule has 0 saturated carbocycles. The van der Waals surface area contributed by atoms with Crippen molar-refractivity contribution in [3.05, 3.63) is 24.3 Å². The second kappa shape index (κ2) is 8.53. The van der Waals surface area contributed by atoms with Gasteiger partial charge in [-0.05, 0) is 52.0 Å². The van der Waals surface area contributed by atoms with E-state index in [1.165, 1.54) is 0 Å². The number of rotatable bonds is 8. The first-order valence-electron chi connectivity index (χ1n) is 7.62. The van der Waals surface area contributed by atoms with Crippen LogP contribution in [-0.4, -0.2) is 38.2 Å². The minimum atomic E-state index is -1.18. The number of benzene rings is 1. The van der Waals surface area contributed by atoms with Crippen LogP contribution in [0.3, 0.4) is 0 Å². The minimum absolute atomic E-state index is 0.0881. The van der Waals surface area contributed by atoms with Crippen LogP contribution in [0.15, 0.2) is 24.3 Å². The maximum Gasteiger partial charge on any atom is 0.239 e. The quantitative estimate of drug-likeness (QED) is 0.568. The molecule has 6 heteroatoms. The van der Waals surface area contributed by atoms with Crippen LogP contribution in [0, 0.1) is 5.41 Å². The van der Waals surface area contributed by atoms with Crippen LogP contribution in [0.1, 0.15) is 27.7 Å². The van der Waals surface area contributed by atoms with E-state index in [4.69, 9.17) is 9.47 Å². The molecule has 2 N–H and O–H groups in total. The molecule has 0 aliphatic carbocycles. The molecule has 0 aromatic heterocycles. The van der Waals surface area contributed by atoms with E-state index in [2.05, 4.69) is 10.6 Å². The van der Waals surface area contributed by atoms with E-state index in [1.54, 1.807) is 45.2 Å². The van der Waals surface area contributed by atoms with Crippen LogP contribution in [0.2, 0.25) is 0 Å². The van der Waals surface area contributed by atoms with Gasteiger partial charge in [-0.15, -0.1) is 0 Å². The summed E-state index contributed by atoms with van der Waals surface area (Å²) in [6, 6.07) is 7.05. The highest BCUT2D eigenvalue weighted by molar-refractivity contribution is 6.09. The Morgan fingerprint density at radius 1 is 1.13 bits per heavy atom. The second-order valence-electron chi connectivity index (χ2n) is 6.02. The first-order chi connectivity index (χ1) is 10.8. The highest BCUT2D eigenvalue weighted by atomic mass is 16.5. The van der Waals surface area contributed by atoms with Gasteiger partial charge in [0, 0.05) is 19.3 Å². The molecule has 0 atom stereocenters. The molecule has 1 aromatic carbocycles. The highest BCUT2D eigenvalue weighted by Gasteiger charge is 2.35. The highest BCUT2D eigenvalue weighted by Crippen LogP contribution is 2.21. The van der Waals surface area contributed by atoms with Crippen molar-refractivity contribution in [2.75, 3.05) is 25.6 Å². The van der Waals surface area contributed by atoms with E-state index >= 15 is 0 Å². The summed E-state index contributed by atoms with van der Waals surface area (Å²) in [5.41, 5.74) is -0.565. The zero-order valence-corrected chi connectivity index (χ0v) is 14.4. The Bertz CT molecular complexity index is 524. The van der Waals surface area contributed by atoms with Gasteiger partial charge in [-0.1, -0.05) is 0 Å². The number of carbonyl (C=O) groups is 2. The first-order valence-corrected chi connectivity index (χ1v) is 7.62. The third kappa shape index (κ3) is 5.90. The summed E-state index contributed by atoms with van der Waals surface area (Å²) in [6.07, 6.45) is 0.0881. The normalized spacial score (nSPS) is 11.2. The molecule has 0 aliphatic heterocycles. The number of carbonyl (C=O) groups excluding carboxylic acids is 2. The third-order valence-corrected chi connectivity index (χ3v) is 3.21. The lowest BCUT2D eigenvalue weighted by atomic mass is 9.91. The zero-order valence-electron chi connectivity index (χ0n) is 14.4. The van der Waals surface area contributed by atoms with E-state index in [-0.39, 0.29) is 17.9 Å². The van der Waals surface area contributed by atoms with Crippen molar-refractivity contribution < 1.29 is 19.1 Å². The van der Waals surface area contributed by atoms with Crippen molar-refractivity contribution in [3.8, 4) is 5.75 Å². The van der Waals surface area contributed by atoms with Crippen molar-refractivity contribution in [1.29, 1.82) is 0 Å². The van der Waals surface area contributed by atoms with Crippen LogP contribution < -0.4 is 15.4 Å². The van der Waals surface area contributed by atoms with Crippen molar-refractivity contribution in [1.82, 2.24) is 5.32 Å². The summed E-state index contributed by atoms with van der Waals surface area (Å²) in [5, 5.41) is 5.42. The molecule has 0 heterocycles. The standard InChI is InChI=1S/C17H26N2O4/c1-12(2)23-14-8-6-13(7-9-14)19-16(21)17(3,4)15(20)18-10-11-22-5/h6-9,12H,10-11H2,1-5H3,(H,18,20)(H,19,21). The maximum atomic E-state index is 12.3. The second-order valence-corrected chi connectivity index (χ2v) is 6.02. The van der Waals surface area contributed by atoms with Gasteiger partial charge in [0.15, 0.2) is 0 Å². The Kier molecular flexibility index (Phi) is 7.03. The number of anilines is 1. The number of ether oxygens (including phenoxy) is 2. The molecule has 1 rings (SSSR count). The maximum absolute atomic E-state index is 12.3. The number of methoxy groups -OCH3 is 1. The molecular formula is C17H26N2O4. The van der Waals surface area contributed by atoms with E-state index in [0.29, 0.717) is 18.8 Å². The molecule has 23 heavy (non-hydrogen) atoms. The van der Waals surface area contributed by atoms with E-state index < -0.39 is 5.41 Å². The Morgan fingerprint density at radius 2 is 1.74 bits per heavy atom. The fourth-order valence-electron chi connectivity index (χ4n) is 1.77. The van der Waals surface area contributed by atoms with E-state index in [9.17, 15) is 9.59 Å². The summed E-state index contributed by atoms with van der Waals surface area (Å²) in [7, 11) is 1.55. The van der Waals surface area contributed by atoms with Crippen LogP contribution in [0.25, 0.3) is 0 Å². The van der Waals surface area contributed by atoms with Crippen LogP contribution >= 0.6 is 0 Å². The largest absolute Gasteiger partial charge is 0.491 e. The number of hydrogen-bond donors (Lipinski definition) is 2. The lowest BCUT2D eigenvalue weighted by molar-refractivity contribution is -0.138. The summed E-state index contributed by atoms with van der Waals surface area (Å²) in [5.74, 6) is 0.0197. The lowest BCUT2D eigenvalue weighted by Crippen LogP contribution is -2.45. The Morgan fingerprint density at radius 3 is 2.26 bits per heavy atom. The number of nitrogens with one attached hydrogen (secondary N) is 2. The van der Waals surface area contributed by atoms with Gasteiger partial charge in [0.05, 0.1) is 12.7 Å². The molecule has 128 valence electrons. The SMILES string of the molecule is COCCNC(=O)C(C)(C)C(=O)Nc1ccc(OC(C)C)cc1. The van der Waals surface area contributed by atoms with Gasteiger partial charge < -0.3 is 20.1 Å². The molecule has 0 unspecified atom stereocenters. The summed E-state index contributed by atoms with van der Waals surface area (Å²) < 4.78 is 10.4.